The minimum atomic E-state index is -0.675. The van der Waals surface area contributed by atoms with E-state index in [2.05, 4.69) is 0 Å². The summed E-state index contributed by atoms with van der Waals surface area (Å²) in [6.07, 6.45) is 2.98. The lowest BCUT2D eigenvalue weighted by Crippen LogP contribution is -2.42. The standard InChI is InChI=1S/C15H21NO2/c1-11(12-5-3-2-4-6-12)15(14(17)18)9-7-13(16)8-10-15/h2-6,11,13H,7-10,16H2,1H3,(H,17,18). The van der Waals surface area contributed by atoms with E-state index in [-0.39, 0.29) is 12.0 Å². The summed E-state index contributed by atoms with van der Waals surface area (Å²) in [4.78, 5) is 11.8. The number of carboxylic acid groups (broad SMARTS) is 1. The maximum atomic E-state index is 11.8. The molecule has 2 rings (SSSR count). The van der Waals surface area contributed by atoms with Gasteiger partial charge in [0.25, 0.3) is 0 Å². The van der Waals surface area contributed by atoms with Gasteiger partial charge in [-0.2, -0.15) is 0 Å². The maximum Gasteiger partial charge on any atom is 0.310 e. The van der Waals surface area contributed by atoms with Crippen molar-refractivity contribution >= 4 is 5.97 Å². The van der Waals surface area contributed by atoms with Gasteiger partial charge in [-0.1, -0.05) is 37.3 Å². The normalized spacial score (nSPS) is 29.8. The predicted octanol–water partition coefficient (Wildman–Crippen LogP) is 2.76. The van der Waals surface area contributed by atoms with E-state index in [0.717, 1.165) is 18.4 Å². The average molecular weight is 247 g/mol. The van der Waals surface area contributed by atoms with Crippen LogP contribution in [0.1, 0.15) is 44.1 Å². The summed E-state index contributed by atoms with van der Waals surface area (Å²) in [5.41, 5.74) is 6.37. The first kappa shape index (κ1) is 13.1. The van der Waals surface area contributed by atoms with Gasteiger partial charge >= 0.3 is 5.97 Å². The van der Waals surface area contributed by atoms with Crippen LogP contribution in [0.5, 0.6) is 0 Å². The Balaban J connectivity index is 2.28. The predicted molar refractivity (Wildman–Crippen MR) is 71.4 cm³/mol. The minimum absolute atomic E-state index is 0.0312. The summed E-state index contributed by atoms with van der Waals surface area (Å²) in [6.45, 7) is 2.03. The Labute approximate surface area is 108 Å². The quantitative estimate of drug-likeness (QED) is 0.863. The van der Waals surface area contributed by atoms with Gasteiger partial charge in [0.1, 0.15) is 0 Å². The van der Waals surface area contributed by atoms with E-state index in [9.17, 15) is 9.90 Å². The number of benzene rings is 1. The van der Waals surface area contributed by atoms with Gasteiger partial charge in [0.05, 0.1) is 5.41 Å². The van der Waals surface area contributed by atoms with E-state index in [1.807, 2.05) is 37.3 Å². The molecule has 18 heavy (non-hydrogen) atoms. The van der Waals surface area contributed by atoms with Crippen LogP contribution in [0.4, 0.5) is 0 Å². The first-order valence-corrected chi connectivity index (χ1v) is 6.60. The largest absolute Gasteiger partial charge is 0.481 e. The Kier molecular flexibility index (Phi) is 3.71. The molecular weight excluding hydrogens is 226 g/mol. The van der Waals surface area contributed by atoms with E-state index >= 15 is 0 Å². The molecule has 0 amide bonds. The van der Waals surface area contributed by atoms with E-state index in [0.29, 0.717) is 12.8 Å². The Morgan fingerprint density at radius 3 is 2.39 bits per heavy atom. The second kappa shape index (κ2) is 5.11. The number of aliphatic carboxylic acids is 1. The molecule has 1 fully saturated rings. The smallest absolute Gasteiger partial charge is 0.310 e. The highest BCUT2D eigenvalue weighted by molar-refractivity contribution is 5.76. The van der Waals surface area contributed by atoms with Crippen LogP contribution >= 0.6 is 0 Å². The Hall–Kier alpha value is -1.35. The third-order valence-electron chi connectivity index (χ3n) is 4.48. The van der Waals surface area contributed by atoms with Gasteiger partial charge < -0.3 is 10.8 Å². The van der Waals surface area contributed by atoms with Crippen LogP contribution in [-0.4, -0.2) is 17.1 Å². The fourth-order valence-electron chi connectivity index (χ4n) is 3.05. The van der Waals surface area contributed by atoms with Crippen LogP contribution < -0.4 is 5.73 Å². The second-order valence-electron chi connectivity index (χ2n) is 5.43. The number of nitrogens with two attached hydrogens (primary N) is 1. The first-order valence-electron chi connectivity index (χ1n) is 6.60. The molecule has 3 nitrogen and oxygen atoms in total. The van der Waals surface area contributed by atoms with Crippen molar-refractivity contribution in [1.29, 1.82) is 0 Å². The summed E-state index contributed by atoms with van der Waals surface area (Å²) in [5.74, 6) is -0.644. The lowest BCUT2D eigenvalue weighted by atomic mass is 9.63. The number of hydrogen-bond donors (Lipinski definition) is 2. The van der Waals surface area contributed by atoms with E-state index in [1.54, 1.807) is 0 Å². The highest BCUT2D eigenvalue weighted by Crippen LogP contribution is 2.47. The molecule has 3 N–H and O–H groups in total. The molecule has 0 aromatic heterocycles. The number of rotatable bonds is 3. The highest BCUT2D eigenvalue weighted by atomic mass is 16.4. The summed E-state index contributed by atoms with van der Waals surface area (Å²) in [6, 6.07) is 10.1. The molecule has 1 saturated carbocycles. The molecule has 1 aliphatic carbocycles. The zero-order valence-corrected chi connectivity index (χ0v) is 10.8. The van der Waals surface area contributed by atoms with Crippen LogP contribution in [-0.2, 0) is 4.79 Å². The molecule has 98 valence electrons. The van der Waals surface area contributed by atoms with Gasteiger partial charge in [-0.3, -0.25) is 4.79 Å². The summed E-state index contributed by atoms with van der Waals surface area (Å²) < 4.78 is 0. The molecule has 1 aromatic carbocycles. The fourth-order valence-corrected chi connectivity index (χ4v) is 3.05. The topological polar surface area (TPSA) is 63.3 Å². The molecule has 1 unspecified atom stereocenters. The zero-order chi connectivity index (χ0) is 13.2. The number of carboxylic acids is 1. The van der Waals surface area contributed by atoms with Crippen molar-refractivity contribution in [3.8, 4) is 0 Å². The highest BCUT2D eigenvalue weighted by Gasteiger charge is 2.46. The van der Waals surface area contributed by atoms with Gasteiger partial charge in [-0.05, 0) is 37.2 Å². The van der Waals surface area contributed by atoms with Crippen molar-refractivity contribution in [3.05, 3.63) is 35.9 Å². The summed E-state index contributed by atoms with van der Waals surface area (Å²) in [5, 5.41) is 9.67. The van der Waals surface area contributed by atoms with Crippen molar-refractivity contribution in [3.63, 3.8) is 0 Å². The minimum Gasteiger partial charge on any atom is -0.481 e. The van der Waals surface area contributed by atoms with Crippen LogP contribution in [0.15, 0.2) is 30.3 Å². The third kappa shape index (κ3) is 2.27. The lowest BCUT2D eigenvalue weighted by molar-refractivity contribution is -0.152. The van der Waals surface area contributed by atoms with Gasteiger partial charge in [0, 0.05) is 6.04 Å². The monoisotopic (exact) mass is 247 g/mol. The van der Waals surface area contributed by atoms with E-state index < -0.39 is 11.4 Å². The lowest BCUT2D eigenvalue weighted by Gasteiger charge is -2.40. The molecule has 0 heterocycles. The second-order valence-corrected chi connectivity index (χ2v) is 5.43. The van der Waals surface area contributed by atoms with Crippen molar-refractivity contribution < 1.29 is 9.90 Å². The molecule has 0 bridgehead atoms. The molecule has 1 atom stereocenters. The van der Waals surface area contributed by atoms with E-state index in [1.165, 1.54) is 0 Å². The number of hydrogen-bond acceptors (Lipinski definition) is 2. The van der Waals surface area contributed by atoms with Gasteiger partial charge in [0.15, 0.2) is 0 Å². The van der Waals surface area contributed by atoms with Crippen molar-refractivity contribution in [2.75, 3.05) is 0 Å². The Morgan fingerprint density at radius 2 is 1.89 bits per heavy atom. The van der Waals surface area contributed by atoms with Crippen molar-refractivity contribution in [2.24, 2.45) is 11.1 Å². The molecule has 0 spiro atoms. The maximum absolute atomic E-state index is 11.8. The third-order valence-corrected chi connectivity index (χ3v) is 4.48. The Morgan fingerprint density at radius 1 is 1.33 bits per heavy atom. The fraction of sp³-hybridized carbons (Fsp3) is 0.533. The van der Waals surface area contributed by atoms with Gasteiger partial charge in [-0.15, -0.1) is 0 Å². The molecule has 0 aliphatic heterocycles. The summed E-state index contributed by atoms with van der Waals surface area (Å²) in [7, 11) is 0. The molecule has 3 heteroatoms. The molecule has 1 aromatic rings. The van der Waals surface area contributed by atoms with E-state index in [4.69, 9.17) is 5.73 Å². The van der Waals surface area contributed by atoms with Crippen LogP contribution in [0.25, 0.3) is 0 Å². The van der Waals surface area contributed by atoms with Crippen molar-refractivity contribution in [1.82, 2.24) is 0 Å². The van der Waals surface area contributed by atoms with Crippen molar-refractivity contribution in [2.45, 2.75) is 44.6 Å². The van der Waals surface area contributed by atoms with Crippen LogP contribution in [0.2, 0.25) is 0 Å². The van der Waals surface area contributed by atoms with Crippen LogP contribution in [0.3, 0.4) is 0 Å². The average Bonchev–Trinajstić information content (AvgIpc) is 2.40. The molecule has 0 radical (unpaired) electrons. The summed E-state index contributed by atoms with van der Waals surface area (Å²) >= 11 is 0. The molecular formula is C15H21NO2. The Bertz CT molecular complexity index is 408. The first-order chi connectivity index (χ1) is 8.56. The number of carbonyl (C=O) groups is 1. The molecule has 1 aliphatic rings. The van der Waals surface area contributed by atoms with Gasteiger partial charge in [0.2, 0.25) is 0 Å². The zero-order valence-electron chi connectivity index (χ0n) is 10.8. The van der Waals surface area contributed by atoms with Gasteiger partial charge in [-0.25, -0.2) is 0 Å². The SMILES string of the molecule is CC(c1ccccc1)C1(C(=O)O)CCC(N)CC1. The molecule has 0 saturated heterocycles. The van der Waals surface area contributed by atoms with Crippen LogP contribution in [0, 0.1) is 5.41 Å².